The van der Waals surface area contributed by atoms with Crippen molar-refractivity contribution in [3.8, 4) is 5.88 Å². The van der Waals surface area contributed by atoms with Crippen molar-refractivity contribution in [2.75, 3.05) is 6.61 Å². The lowest BCUT2D eigenvalue weighted by Gasteiger charge is -2.31. The summed E-state index contributed by atoms with van der Waals surface area (Å²) in [6.07, 6.45) is 1.74. The van der Waals surface area contributed by atoms with Crippen LogP contribution < -0.4 is 15.4 Å². The molecule has 2 unspecified atom stereocenters. The standard InChI is InChI=1S/C17H17ClFN3OS/c1-3-23-14-7-5-11(9-20-14)17(2)15(21-16(24)22-17)10-4-6-12(18)13(19)8-10/h4-9,15H,3H2,1-2H3,(H2,21,22,24). The monoisotopic (exact) mass is 365 g/mol. The maximum Gasteiger partial charge on any atom is 0.213 e. The van der Waals surface area contributed by atoms with Crippen LogP contribution in [0.3, 0.4) is 0 Å². The average molecular weight is 366 g/mol. The van der Waals surface area contributed by atoms with Crippen molar-refractivity contribution in [3.05, 3.63) is 58.5 Å². The second kappa shape index (κ2) is 6.53. The summed E-state index contributed by atoms with van der Waals surface area (Å²) in [4.78, 5) is 4.31. The third-order valence-corrected chi connectivity index (χ3v) is 4.66. The van der Waals surface area contributed by atoms with Crippen molar-refractivity contribution in [2.24, 2.45) is 0 Å². The molecule has 24 heavy (non-hydrogen) atoms. The summed E-state index contributed by atoms with van der Waals surface area (Å²) in [7, 11) is 0. The van der Waals surface area contributed by atoms with Gasteiger partial charge in [0.1, 0.15) is 5.82 Å². The molecule has 1 aliphatic rings. The Balaban J connectivity index is 1.99. The second-order valence-electron chi connectivity index (χ2n) is 5.73. The molecule has 2 heterocycles. The zero-order valence-corrected chi connectivity index (χ0v) is 14.8. The number of nitrogens with one attached hydrogen (secondary N) is 2. The van der Waals surface area contributed by atoms with E-state index in [1.165, 1.54) is 6.07 Å². The number of benzene rings is 1. The first-order chi connectivity index (χ1) is 11.4. The Morgan fingerprint density at radius 2 is 2.17 bits per heavy atom. The third-order valence-electron chi connectivity index (χ3n) is 4.13. The largest absolute Gasteiger partial charge is 0.478 e. The number of pyridine rings is 1. The van der Waals surface area contributed by atoms with E-state index in [0.29, 0.717) is 17.6 Å². The summed E-state index contributed by atoms with van der Waals surface area (Å²) in [5, 5.41) is 7.06. The molecule has 1 aromatic carbocycles. The molecule has 0 bridgehead atoms. The molecule has 1 aliphatic heterocycles. The number of hydrogen-bond donors (Lipinski definition) is 2. The molecule has 0 amide bonds. The third kappa shape index (κ3) is 3.03. The lowest BCUT2D eigenvalue weighted by Crippen LogP contribution is -2.39. The van der Waals surface area contributed by atoms with Gasteiger partial charge < -0.3 is 15.4 Å². The average Bonchev–Trinajstić information content (AvgIpc) is 2.87. The number of thiocarbonyl (C=S) groups is 1. The van der Waals surface area contributed by atoms with E-state index in [2.05, 4.69) is 15.6 Å². The van der Waals surface area contributed by atoms with Gasteiger partial charge in [-0.2, -0.15) is 0 Å². The van der Waals surface area contributed by atoms with Gasteiger partial charge in [0.2, 0.25) is 5.88 Å². The van der Waals surface area contributed by atoms with Crippen molar-refractivity contribution in [3.63, 3.8) is 0 Å². The molecule has 4 nitrogen and oxygen atoms in total. The Bertz CT molecular complexity index is 771. The van der Waals surface area contributed by atoms with Crippen molar-refractivity contribution in [1.29, 1.82) is 0 Å². The summed E-state index contributed by atoms with van der Waals surface area (Å²) in [5.74, 6) is 0.105. The number of ether oxygens (including phenoxy) is 1. The summed E-state index contributed by atoms with van der Waals surface area (Å²) in [6.45, 7) is 4.46. The Morgan fingerprint density at radius 3 is 2.79 bits per heavy atom. The predicted octanol–water partition coefficient (Wildman–Crippen LogP) is 3.71. The minimum Gasteiger partial charge on any atom is -0.478 e. The van der Waals surface area contributed by atoms with E-state index in [9.17, 15) is 4.39 Å². The molecule has 1 aromatic heterocycles. The summed E-state index contributed by atoms with van der Waals surface area (Å²) >= 11 is 11.1. The number of hydrogen-bond acceptors (Lipinski definition) is 3. The van der Waals surface area contributed by atoms with Crippen LogP contribution in [-0.4, -0.2) is 16.7 Å². The molecule has 2 aromatic rings. The Hall–Kier alpha value is -1.92. The van der Waals surface area contributed by atoms with Crippen LogP contribution in [0.15, 0.2) is 36.5 Å². The zero-order valence-electron chi connectivity index (χ0n) is 13.3. The van der Waals surface area contributed by atoms with Gasteiger partial charge >= 0.3 is 0 Å². The predicted molar refractivity (Wildman–Crippen MR) is 95.8 cm³/mol. The SMILES string of the molecule is CCOc1ccc(C2(C)NC(=S)NC2c2ccc(Cl)c(F)c2)cn1. The normalized spacial score (nSPS) is 22.8. The molecule has 1 saturated heterocycles. The van der Waals surface area contributed by atoms with E-state index in [1.807, 2.05) is 26.0 Å². The Labute approximate surface area is 150 Å². The fraction of sp³-hybridized carbons (Fsp3) is 0.294. The van der Waals surface area contributed by atoms with Gasteiger partial charge in [-0.1, -0.05) is 17.7 Å². The highest BCUT2D eigenvalue weighted by Crippen LogP contribution is 2.39. The molecule has 2 atom stereocenters. The molecule has 3 rings (SSSR count). The number of rotatable bonds is 4. The van der Waals surface area contributed by atoms with E-state index < -0.39 is 11.4 Å². The van der Waals surface area contributed by atoms with Crippen molar-refractivity contribution in [2.45, 2.75) is 25.4 Å². The van der Waals surface area contributed by atoms with Gasteiger partial charge in [0.05, 0.1) is 23.2 Å². The van der Waals surface area contributed by atoms with Gasteiger partial charge in [-0.15, -0.1) is 0 Å². The van der Waals surface area contributed by atoms with E-state index in [1.54, 1.807) is 18.3 Å². The molecule has 126 valence electrons. The summed E-state index contributed by atoms with van der Waals surface area (Å²) < 4.78 is 19.3. The minimum atomic E-state index is -0.574. The molecule has 7 heteroatoms. The van der Waals surface area contributed by atoms with E-state index in [0.717, 1.165) is 11.1 Å². The summed E-state index contributed by atoms with van der Waals surface area (Å²) in [6, 6.07) is 8.25. The van der Waals surface area contributed by atoms with Crippen LogP contribution in [0, 0.1) is 5.82 Å². The minimum absolute atomic E-state index is 0.0942. The van der Waals surface area contributed by atoms with Crippen LogP contribution in [0.25, 0.3) is 0 Å². The van der Waals surface area contributed by atoms with Crippen molar-refractivity contribution >= 4 is 28.9 Å². The smallest absolute Gasteiger partial charge is 0.213 e. The molecular weight excluding hydrogens is 349 g/mol. The zero-order chi connectivity index (χ0) is 17.3. The van der Waals surface area contributed by atoms with Gasteiger partial charge in [-0.05, 0) is 55.4 Å². The van der Waals surface area contributed by atoms with Crippen molar-refractivity contribution < 1.29 is 9.13 Å². The summed E-state index contributed by atoms with van der Waals surface area (Å²) in [5.41, 5.74) is 1.09. The molecule has 1 fully saturated rings. The van der Waals surface area contributed by atoms with Crippen LogP contribution in [-0.2, 0) is 5.54 Å². The fourth-order valence-corrected chi connectivity index (χ4v) is 3.34. The van der Waals surface area contributed by atoms with Gasteiger partial charge in [0.25, 0.3) is 0 Å². The Morgan fingerprint density at radius 1 is 1.38 bits per heavy atom. The van der Waals surface area contributed by atoms with Crippen LogP contribution >= 0.6 is 23.8 Å². The molecule has 2 N–H and O–H groups in total. The molecule has 0 radical (unpaired) electrons. The Kier molecular flexibility index (Phi) is 4.60. The lowest BCUT2D eigenvalue weighted by molar-refractivity contribution is 0.324. The van der Waals surface area contributed by atoms with E-state index >= 15 is 0 Å². The highest BCUT2D eigenvalue weighted by Gasteiger charge is 2.43. The number of aromatic nitrogens is 1. The first-order valence-electron chi connectivity index (χ1n) is 7.57. The van der Waals surface area contributed by atoms with Gasteiger partial charge in [-0.25, -0.2) is 9.37 Å². The van der Waals surface area contributed by atoms with E-state index in [4.69, 9.17) is 28.6 Å². The highest BCUT2D eigenvalue weighted by molar-refractivity contribution is 7.80. The van der Waals surface area contributed by atoms with Gasteiger partial charge in [-0.3, -0.25) is 0 Å². The van der Waals surface area contributed by atoms with Crippen LogP contribution in [0.4, 0.5) is 4.39 Å². The first-order valence-corrected chi connectivity index (χ1v) is 8.35. The van der Waals surface area contributed by atoms with Crippen LogP contribution in [0.5, 0.6) is 5.88 Å². The van der Waals surface area contributed by atoms with Crippen molar-refractivity contribution in [1.82, 2.24) is 15.6 Å². The highest BCUT2D eigenvalue weighted by atomic mass is 35.5. The van der Waals surface area contributed by atoms with Gasteiger partial charge in [0.15, 0.2) is 5.11 Å². The molecular formula is C17H17ClFN3OS. The van der Waals surface area contributed by atoms with Crippen LogP contribution in [0.2, 0.25) is 5.02 Å². The molecule has 0 spiro atoms. The molecule has 0 saturated carbocycles. The molecule has 0 aliphatic carbocycles. The maximum absolute atomic E-state index is 13.9. The van der Waals surface area contributed by atoms with Gasteiger partial charge in [0, 0.05) is 12.3 Å². The topological polar surface area (TPSA) is 46.2 Å². The first kappa shape index (κ1) is 16.9. The maximum atomic E-state index is 13.9. The van der Waals surface area contributed by atoms with Crippen LogP contribution in [0.1, 0.15) is 31.0 Å². The second-order valence-corrected chi connectivity index (χ2v) is 6.54. The lowest BCUT2D eigenvalue weighted by atomic mass is 9.83. The number of nitrogens with zero attached hydrogens (tertiary/aromatic N) is 1. The quantitative estimate of drug-likeness (QED) is 0.809. The number of halogens is 2. The fourth-order valence-electron chi connectivity index (χ4n) is 2.89. The van der Waals surface area contributed by atoms with E-state index in [-0.39, 0.29) is 11.1 Å².